The molecule has 1 aliphatic carbocycles. The van der Waals surface area contributed by atoms with Gasteiger partial charge in [0.2, 0.25) is 5.91 Å². The molecule has 2 aromatic rings. The first-order chi connectivity index (χ1) is 15.0. The third-order valence-electron chi connectivity index (χ3n) is 7.37. The van der Waals surface area contributed by atoms with Crippen molar-refractivity contribution in [1.82, 2.24) is 19.4 Å². The second kappa shape index (κ2) is 7.81. The maximum Gasteiger partial charge on any atom is 0.253 e. The standard InChI is InChI=1S/C25H32N4O2/c1-18(2)29-15-22(26-17-29)21-14-28(23(30)20-7-4-3-5-8-20)16-25(21)11-6-12-27(24(25)31)13-19-9-10-19/h3-5,7-8,15,17-19,21H,6,9-14,16H2,1-2H3. The predicted octanol–water partition coefficient (Wildman–Crippen LogP) is 3.72. The molecule has 5 rings (SSSR count). The van der Waals surface area contributed by atoms with Crippen LogP contribution in [0.3, 0.4) is 0 Å². The number of imidazole rings is 1. The number of rotatable bonds is 5. The zero-order chi connectivity index (χ0) is 21.6. The van der Waals surface area contributed by atoms with Crippen molar-refractivity contribution in [1.29, 1.82) is 0 Å². The number of likely N-dealkylation sites (tertiary alicyclic amines) is 2. The van der Waals surface area contributed by atoms with Crippen molar-refractivity contribution in [2.24, 2.45) is 11.3 Å². The number of nitrogens with zero attached hydrogens (tertiary/aromatic N) is 4. The van der Waals surface area contributed by atoms with Crippen LogP contribution in [0.5, 0.6) is 0 Å². The van der Waals surface area contributed by atoms with Crippen molar-refractivity contribution < 1.29 is 9.59 Å². The number of benzene rings is 1. The summed E-state index contributed by atoms with van der Waals surface area (Å²) in [7, 11) is 0. The number of carbonyl (C=O) groups excluding carboxylic acids is 2. The van der Waals surface area contributed by atoms with Crippen LogP contribution in [0.4, 0.5) is 0 Å². The van der Waals surface area contributed by atoms with Gasteiger partial charge in [-0.2, -0.15) is 0 Å². The minimum absolute atomic E-state index is 0.0119. The number of amides is 2. The first kappa shape index (κ1) is 20.3. The lowest BCUT2D eigenvalue weighted by Crippen LogP contribution is -2.52. The Morgan fingerprint density at radius 2 is 2.00 bits per heavy atom. The molecule has 164 valence electrons. The third-order valence-corrected chi connectivity index (χ3v) is 7.37. The summed E-state index contributed by atoms with van der Waals surface area (Å²) in [6, 6.07) is 9.74. The summed E-state index contributed by atoms with van der Waals surface area (Å²) in [5, 5.41) is 0. The first-order valence-electron chi connectivity index (χ1n) is 11.6. The molecule has 6 heteroatoms. The molecular weight excluding hydrogens is 388 g/mol. The van der Waals surface area contributed by atoms with Crippen molar-refractivity contribution >= 4 is 11.8 Å². The SMILES string of the molecule is CC(C)n1cnc(C2CN(C(=O)c3ccccc3)CC23CCCN(CC2CC2)C3=O)c1. The van der Waals surface area contributed by atoms with Crippen LogP contribution in [0.25, 0.3) is 0 Å². The Hall–Kier alpha value is -2.63. The Balaban J connectivity index is 1.49. The Kier molecular flexibility index (Phi) is 5.11. The summed E-state index contributed by atoms with van der Waals surface area (Å²) in [4.78, 5) is 35.9. The lowest BCUT2D eigenvalue weighted by Gasteiger charge is -2.42. The average Bonchev–Trinajstić information content (AvgIpc) is 3.31. The van der Waals surface area contributed by atoms with Gasteiger partial charge in [-0.3, -0.25) is 9.59 Å². The second-order valence-electron chi connectivity index (χ2n) is 9.90. The number of hydrogen-bond donors (Lipinski definition) is 0. The molecule has 2 saturated heterocycles. The van der Waals surface area contributed by atoms with E-state index in [1.54, 1.807) is 0 Å². The zero-order valence-electron chi connectivity index (χ0n) is 18.5. The number of piperidine rings is 1. The molecule has 2 amide bonds. The minimum Gasteiger partial charge on any atom is -0.342 e. The molecule has 2 atom stereocenters. The number of carbonyl (C=O) groups is 2. The van der Waals surface area contributed by atoms with Crippen LogP contribution < -0.4 is 0 Å². The first-order valence-corrected chi connectivity index (χ1v) is 11.6. The molecule has 0 N–H and O–H groups in total. The molecule has 3 fully saturated rings. The molecule has 1 spiro atoms. The van der Waals surface area contributed by atoms with Gasteiger partial charge in [0, 0.05) is 49.9 Å². The highest BCUT2D eigenvalue weighted by Gasteiger charge is 2.57. The van der Waals surface area contributed by atoms with Gasteiger partial charge in [-0.1, -0.05) is 18.2 Å². The highest BCUT2D eigenvalue weighted by Crippen LogP contribution is 2.50. The van der Waals surface area contributed by atoms with E-state index in [0.717, 1.165) is 31.6 Å². The molecule has 3 heterocycles. The third kappa shape index (κ3) is 3.66. The Morgan fingerprint density at radius 3 is 2.68 bits per heavy atom. The van der Waals surface area contributed by atoms with Gasteiger partial charge in [0.15, 0.2) is 0 Å². The zero-order valence-corrected chi connectivity index (χ0v) is 18.5. The van der Waals surface area contributed by atoms with Gasteiger partial charge in [0.1, 0.15) is 0 Å². The van der Waals surface area contributed by atoms with Crippen molar-refractivity contribution in [2.45, 2.75) is 51.5 Å². The normalized spacial score (nSPS) is 26.3. The molecule has 0 bridgehead atoms. The summed E-state index contributed by atoms with van der Waals surface area (Å²) < 4.78 is 2.10. The van der Waals surface area contributed by atoms with Crippen LogP contribution in [0.15, 0.2) is 42.9 Å². The molecule has 6 nitrogen and oxygen atoms in total. The predicted molar refractivity (Wildman–Crippen MR) is 119 cm³/mol. The van der Waals surface area contributed by atoms with Gasteiger partial charge in [-0.05, 0) is 57.6 Å². The van der Waals surface area contributed by atoms with E-state index in [1.807, 2.05) is 41.6 Å². The van der Waals surface area contributed by atoms with Gasteiger partial charge in [0.05, 0.1) is 17.4 Å². The summed E-state index contributed by atoms with van der Waals surface area (Å²) >= 11 is 0. The summed E-state index contributed by atoms with van der Waals surface area (Å²) in [6.45, 7) is 7.01. The van der Waals surface area contributed by atoms with Crippen molar-refractivity contribution in [3.8, 4) is 0 Å². The lowest BCUT2D eigenvalue weighted by atomic mass is 9.70. The van der Waals surface area contributed by atoms with E-state index in [1.165, 1.54) is 12.8 Å². The Morgan fingerprint density at radius 1 is 1.23 bits per heavy atom. The maximum atomic E-state index is 13.9. The van der Waals surface area contributed by atoms with Crippen LogP contribution in [0, 0.1) is 11.3 Å². The highest BCUT2D eigenvalue weighted by molar-refractivity contribution is 5.96. The molecule has 1 saturated carbocycles. The molecule has 1 aromatic carbocycles. The minimum atomic E-state index is -0.562. The number of aromatic nitrogens is 2. The van der Waals surface area contributed by atoms with Crippen molar-refractivity contribution in [3.63, 3.8) is 0 Å². The van der Waals surface area contributed by atoms with E-state index in [4.69, 9.17) is 4.98 Å². The van der Waals surface area contributed by atoms with Crippen molar-refractivity contribution in [2.75, 3.05) is 26.2 Å². The molecule has 1 aromatic heterocycles. The summed E-state index contributed by atoms with van der Waals surface area (Å²) in [5.74, 6) is 0.854. The van der Waals surface area contributed by atoms with Crippen LogP contribution in [0.2, 0.25) is 0 Å². The smallest absolute Gasteiger partial charge is 0.253 e. The Labute approximate surface area is 184 Å². The van der Waals surface area contributed by atoms with Gasteiger partial charge in [-0.25, -0.2) is 4.98 Å². The largest absolute Gasteiger partial charge is 0.342 e. The quantitative estimate of drug-likeness (QED) is 0.741. The fourth-order valence-electron chi connectivity index (χ4n) is 5.39. The summed E-state index contributed by atoms with van der Waals surface area (Å²) in [5.41, 5.74) is 1.07. The van der Waals surface area contributed by atoms with Crippen LogP contribution in [-0.4, -0.2) is 57.3 Å². The van der Waals surface area contributed by atoms with Crippen LogP contribution in [-0.2, 0) is 4.79 Å². The molecule has 3 aliphatic rings. The molecule has 2 aliphatic heterocycles. The van der Waals surface area contributed by atoms with E-state index >= 15 is 0 Å². The van der Waals surface area contributed by atoms with Crippen LogP contribution >= 0.6 is 0 Å². The molecular formula is C25H32N4O2. The van der Waals surface area contributed by atoms with E-state index < -0.39 is 5.41 Å². The maximum absolute atomic E-state index is 13.9. The van der Waals surface area contributed by atoms with Gasteiger partial charge in [0.25, 0.3) is 5.91 Å². The number of hydrogen-bond acceptors (Lipinski definition) is 3. The topological polar surface area (TPSA) is 58.4 Å². The van der Waals surface area contributed by atoms with Crippen molar-refractivity contribution in [3.05, 3.63) is 54.1 Å². The fraction of sp³-hybridized carbons (Fsp3) is 0.560. The average molecular weight is 421 g/mol. The van der Waals surface area contributed by atoms with Crippen LogP contribution in [0.1, 0.15) is 67.5 Å². The fourth-order valence-corrected chi connectivity index (χ4v) is 5.39. The van der Waals surface area contributed by atoms with Gasteiger partial charge < -0.3 is 14.4 Å². The van der Waals surface area contributed by atoms with E-state index in [9.17, 15) is 9.59 Å². The highest BCUT2D eigenvalue weighted by atomic mass is 16.2. The van der Waals surface area contributed by atoms with Gasteiger partial charge >= 0.3 is 0 Å². The molecule has 0 radical (unpaired) electrons. The Bertz CT molecular complexity index is 965. The van der Waals surface area contributed by atoms with E-state index in [0.29, 0.717) is 30.6 Å². The second-order valence-corrected chi connectivity index (χ2v) is 9.90. The molecule has 31 heavy (non-hydrogen) atoms. The molecule has 2 unspecified atom stereocenters. The summed E-state index contributed by atoms with van der Waals surface area (Å²) in [6.07, 6.45) is 8.23. The van der Waals surface area contributed by atoms with E-state index in [2.05, 4.69) is 29.5 Å². The van der Waals surface area contributed by atoms with Gasteiger partial charge in [-0.15, -0.1) is 0 Å². The van der Waals surface area contributed by atoms with E-state index in [-0.39, 0.29) is 17.7 Å². The monoisotopic (exact) mass is 420 g/mol. The lowest BCUT2D eigenvalue weighted by molar-refractivity contribution is -0.146.